The van der Waals surface area contributed by atoms with E-state index < -0.39 is 0 Å². The first-order chi connectivity index (χ1) is 13.6. The van der Waals surface area contributed by atoms with Crippen LogP contribution in [0.25, 0.3) is 0 Å². The molecule has 0 saturated carbocycles. The number of carbonyl (C=O) groups excluding carboxylic acids is 2. The number of anilines is 1. The van der Waals surface area contributed by atoms with Crippen LogP contribution >= 0.6 is 0 Å². The van der Waals surface area contributed by atoms with Gasteiger partial charge in [-0.3, -0.25) is 14.5 Å². The molecule has 0 bridgehead atoms. The predicted molar refractivity (Wildman–Crippen MR) is 103 cm³/mol. The topological polar surface area (TPSA) is 80.3 Å². The summed E-state index contributed by atoms with van der Waals surface area (Å²) in [4.78, 5) is 28.9. The van der Waals surface area contributed by atoms with E-state index in [-0.39, 0.29) is 24.7 Å². The number of benzene rings is 1. The van der Waals surface area contributed by atoms with Gasteiger partial charge < -0.3 is 24.4 Å². The van der Waals surface area contributed by atoms with Crippen molar-refractivity contribution < 1.29 is 23.8 Å². The van der Waals surface area contributed by atoms with Crippen LogP contribution in [0.4, 0.5) is 5.69 Å². The number of amides is 2. The maximum atomic E-state index is 12.5. The van der Waals surface area contributed by atoms with Crippen molar-refractivity contribution in [3.63, 3.8) is 0 Å². The first-order valence-electron chi connectivity index (χ1n) is 9.99. The Balaban J connectivity index is 1.29. The van der Waals surface area contributed by atoms with Crippen LogP contribution in [0.2, 0.25) is 0 Å². The van der Waals surface area contributed by atoms with Crippen LogP contribution < -0.4 is 14.8 Å². The molecular formula is C20H27N3O5. The van der Waals surface area contributed by atoms with Crippen molar-refractivity contribution in [2.45, 2.75) is 32.3 Å². The second kappa shape index (κ2) is 8.36. The van der Waals surface area contributed by atoms with Crippen molar-refractivity contribution in [3.8, 4) is 11.5 Å². The van der Waals surface area contributed by atoms with Gasteiger partial charge >= 0.3 is 0 Å². The number of aryl methyl sites for hydroxylation is 1. The van der Waals surface area contributed by atoms with Gasteiger partial charge in [0.05, 0.1) is 6.54 Å². The van der Waals surface area contributed by atoms with Gasteiger partial charge in [-0.05, 0) is 30.9 Å². The molecule has 0 aromatic heterocycles. The molecule has 0 aliphatic carbocycles. The molecule has 1 atom stereocenters. The van der Waals surface area contributed by atoms with E-state index >= 15 is 0 Å². The lowest BCUT2D eigenvalue weighted by molar-refractivity contribution is -0.142. The molecule has 3 aliphatic rings. The number of carbonyl (C=O) groups is 2. The Bertz CT molecular complexity index is 740. The number of hydrogen-bond donors (Lipinski definition) is 1. The summed E-state index contributed by atoms with van der Waals surface area (Å²) < 4.78 is 16.3. The fourth-order valence-electron chi connectivity index (χ4n) is 3.89. The van der Waals surface area contributed by atoms with Crippen LogP contribution in [0.3, 0.4) is 0 Å². The molecule has 3 heterocycles. The van der Waals surface area contributed by atoms with Crippen molar-refractivity contribution in [1.82, 2.24) is 9.80 Å². The minimum Gasteiger partial charge on any atom is -0.454 e. The lowest BCUT2D eigenvalue weighted by Gasteiger charge is -2.35. The number of ether oxygens (including phenoxy) is 3. The zero-order valence-corrected chi connectivity index (χ0v) is 16.2. The van der Waals surface area contributed by atoms with Crippen molar-refractivity contribution in [2.24, 2.45) is 0 Å². The monoisotopic (exact) mass is 389 g/mol. The van der Waals surface area contributed by atoms with E-state index in [0.29, 0.717) is 45.1 Å². The van der Waals surface area contributed by atoms with Crippen molar-refractivity contribution in [1.29, 1.82) is 0 Å². The number of rotatable bonds is 5. The van der Waals surface area contributed by atoms with Gasteiger partial charge in [-0.2, -0.15) is 0 Å². The number of nitrogens with zero attached hydrogens (tertiary/aromatic N) is 2. The number of nitrogens with one attached hydrogen (secondary N) is 1. The molecule has 1 aromatic rings. The maximum Gasteiger partial charge on any atom is 0.251 e. The quantitative estimate of drug-likeness (QED) is 0.816. The molecule has 1 unspecified atom stereocenters. The van der Waals surface area contributed by atoms with Gasteiger partial charge in [-0.1, -0.05) is 6.92 Å². The summed E-state index contributed by atoms with van der Waals surface area (Å²) in [6, 6.07) is 3.75. The maximum absolute atomic E-state index is 12.5. The second-order valence-electron chi connectivity index (χ2n) is 7.37. The van der Waals surface area contributed by atoms with Gasteiger partial charge in [-0.25, -0.2) is 0 Å². The van der Waals surface area contributed by atoms with E-state index in [1.165, 1.54) is 0 Å². The lowest BCUT2D eigenvalue weighted by atomic mass is 10.1. The molecular weight excluding hydrogens is 362 g/mol. The zero-order valence-electron chi connectivity index (χ0n) is 16.2. The number of hydrogen-bond acceptors (Lipinski definition) is 6. The van der Waals surface area contributed by atoms with Crippen LogP contribution in [-0.2, 0) is 20.7 Å². The van der Waals surface area contributed by atoms with Crippen LogP contribution in [0.15, 0.2) is 12.1 Å². The van der Waals surface area contributed by atoms with E-state index in [9.17, 15) is 9.59 Å². The minimum atomic E-state index is -0.270. The van der Waals surface area contributed by atoms with Crippen molar-refractivity contribution >= 4 is 17.5 Å². The Morgan fingerprint density at radius 3 is 2.57 bits per heavy atom. The minimum absolute atomic E-state index is 0.0625. The molecule has 2 fully saturated rings. The summed E-state index contributed by atoms with van der Waals surface area (Å²) in [5.41, 5.74) is 1.79. The molecule has 8 heteroatoms. The van der Waals surface area contributed by atoms with E-state index in [1.54, 1.807) is 0 Å². The average Bonchev–Trinajstić information content (AvgIpc) is 3.39. The van der Waals surface area contributed by atoms with Crippen molar-refractivity contribution in [2.75, 3.05) is 51.4 Å². The van der Waals surface area contributed by atoms with Gasteiger partial charge in [0.25, 0.3) is 5.91 Å². The lowest BCUT2D eigenvalue weighted by Crippen LogP contribution is -2.52. The molecule has 0 spiro atoms. The highest BCUT2D eigenvalue weighted by molar-refractivity contribution is 5.93. The highest BCUT2D eigenvalue weighted by Crippen LogP contribution is 2.37. The van der Waals surface area contributed by atoms with Gasteiger partial charge in [0.15, 0.2) is 11.5 Å². The van der Waals surface area contributed by atoms with Gasteiger partial charge in [0.2, 0.25) is 12.7 Å². The summed E-state index contributed by atoms with van der Waals surface area (Å²) in [6.45, 7) is 5.88. The molecule has 2 saturated heterocycles. The average molecular weight is 389 g/mol. The first-order valence-corrected chi connectivity index (χ1v) is 9.99. The molecule has 3 aliphatic heterocycles. The van der Waals surface area contributed by atoms with Crippen LogP contribution in [-0.4, -0.2) is 73.8 Å². The standard InChI is InChI=1S/C20H27N3O5/c1-2-14-10-17-18(28-13-27-17)11-15(14)21-19(24)12-22-5-7-23(8-6-22)20(25)16-4-3-9-26-16/h10-11,16H,2-9,12-13H2,1H3,(H,21,24). The van der Waals surface area contributed by atoms with E-state index in [2.05, 4.69) is 10.2 Å². The summed E-state index contributed by atoms with van der Waals surface area (Å²) in [7, 11) is 0. The smallest absolute Gasteiger partial charge is 0.251 e. The molecule has 2 amide bonds. The van der Waals surface area contributed by atoms with E-state index in [4.69, 9.17) is 14.2 Å². The molecule has 152 valence electrons. The Kier molecular flexibility index (Phi) is 5.68. The van der Waals surface area contributed by atoms with Crippen LogP contribution in [0, 0.1) is 0 Å². The van der Waals surface area contributed by atoms with E-state index in [0.717, 1.165) is 36.3 Å². The molecule has 8 nitrogen and oxygen atoms in total. The van der Waals surface area contributed by atoms with Crippen LogP contribution in [0.1, 0.15) is 25.3 Å². The summed E-state index contributed by atoms with van der Waals surface area (Å²) >= 11 is 0. The third-order valence-corrected chi connectivity index (χ3v) is 5.51. The predicted octanol–water partition coefficient (Wildman–Crippen LogP) is 1.24. The largest absolute Gasteiger partial charge is 0.454 e. The Morgan fingerprint density at radius 1 is 1.14 bits per heavy atom. The number of piperazine rings is 1. The van der Waals surface area contributed by atoms with E-state index in [1.807, 2.05) is 24.0 Å². The summed E-state index contributed by atoms with van der Waals surface area (Å²) in [5.74, 6) is 1.41. The fraction of sp³-hybridized carbons (Fsp3) is 0.600. The fourth-order valence-corrected chi connectivity index (χ4v) is 3.89. The third kappa shape index (κ3) is 4.07. The Labute approximate surface area is 164 Å². The van der Waals surface area contributed by atoms with Gasteiger partial charge in [0, 0.05) is 44.5 Å². The summed E-state index contributed by atoms with van der Waals surface area (Å²) in [5, 5.41) is 3.00. The van der Waals surface area contributed by atoms with Gasteiger partial charge in [0.1, 0.15) is 6.10 Å². The molecule has 28 heavy (non-hydrogen) atoms. The van der Waals surface area contributed by atoms with Crippen molar-refractivity contribution in [3.05, 3.63) is 17.7 Å². The third-order valence-electron chi connectivity index (χ3n) is 5.51. The Hall–Kier alpha value is -2.32. The molecule has 0 radical (unpaired) electrons. The highest BCUT2D eigenvalue weighted by atomic mass is 16.7. The molecule has 1 aromatic carbocycles. The van der Waals surface area contributed by atoms with Crippen LogP contribution in [0.5, 0.6) is 11.5 Å². The highest BCUT2D eigenvalue weighted by Gasteiger charge is 2.30. The Morgan fingerprint density at radius 2 is 1.89 bits per heavy atom. The molecule has 4 rings (SSSR count). The summed E-state index contributed by atoms with van der Waals surface area (Å²) in [6.07, 6.45) is 2.29. The van der Waals surface area contributed by atoms with Gasteiger partial charge in [-0.15, -0.1) is 0 Å². The SMILES string of the molecule is CCc1cc2c(cc1NC(=O)CN1CCN(C(=O)C3CCCO3)CC1)OCO2. The number of fused-ring (bicyclic) bond motifs is 1. The molecule has 1 N–H and O–H groups in total. The zero-order chi connectivity index (χ0) is 19.5. The first kappa shape index (κ1) is 19.0. The normalized spacial score (nSPS) is 21.8. The second-order valence-corrected chi connectivity index (χ2v) is 7.37.